The normalized spacial score (nSPS) is 11.2. The number of rotatable bonds is 6. The Morgan fingerprint density at radius 2 is 1.12 bits per heavy atom. The van der Waals surface area contributed by atoms with Gasteiger partial charge in [-0.25, -0.2) is 0 Å². The number of hydrogen-bond donors (Lipinski definition) is 2. The van der Waals surface area contributed by atoms with Crippen LogP contribution in [0.15, 0.2) is 36.7 Å². The van der Waals surface area contributed by atoms with Crippen LogP contribution in [-0.4, -0.2) is 9.97 Å². The first-order valence-corrected chi connectivity index (χ1v) is 9.22. The third-order valence-electron chi connectivity index (χ3n) is 5.07. The van der Waals surface area contributed by atoms with Crippen LogP contribution in [0.5, 0.6) is 0 Å². The van der Waals surface area contributed by atoms with Gasteiger partial charge in [0.1, 0.15) is 0 Å². The molecule has 2 aromatic heterocycles. The first kappa shape index (κ1) is 16.6. The Morgan fingerprint density at radius 3 is 1.50 bits per heavy atom. The minimum atomic E-state index is 1.06. The molecule has 0 spiro atoms. The van der Waals surface area contributed by atoms with Gasteiger partial charge in [-0.2, -0.15) is 0 Å². The van der Waals surface area contributed by atoms with E-state index in [1.165, 1.54) is 44.8 Å². The Kier molecular flexibility index (Phi) is 4.94. The summed E-state index contributed by atoms with van der Waals surface area (Å²) in [7, 11) is 0. The van der Waals surface area contributed by atoms with Crippen molar-refractivity contribution in [2.75, 3.05) is 0 Å². The average molecular weight is 320 g/mol. The van der Waals surface area contributed by atoms with Crippen LogP contribution in [0.25, 0.3) is 22.5 Å². The topological polar surface area (TPSA) is 31.6 Å². The van der Waals surface area contributed by atoms with Crippen LogP contribution in [0.1, 0.15) is 49.9 Å². The van der Waals surface area contributed by atoms with Gasteiger partial charge in [0.2, 0.25) is 0 Å². The van der Waals surface area contributed by atoms with Crippen LogP contribution in [0.4, 0.5) is 0 Å². The molecule has 0 aliphatic carbocycles. The van der Waals surface area contributed by atoms with Gasteiger partial charge in [0, 0.05) is 23.8 Å². The zero-order valence-electron chi connectivity index (χ0n) is 15.3. The maximum Gasteiger partial charge on any atom is 0.0489 e. The molecule has 2 heteroatoms. The van der Waals surface area contributed by atoms with Crippen molar-refractivity contribution in [2.45, 2.75) is 53.4 Å². The summed E-state index contributed by atoms with van der Waals surface area (Å²) in [6, 6.07) is 8.91. The maximum absolute atomic E-state index is 3.51. The Bertz CT molecular complexity index is 755. The summed E-state index contributed by atoms with van der Waals surface area (Å²) in [6.45, 7) is 8.93. The van der Waals surface area contributed by atoms with Gasteiger partial charge in [0.15, 0.2) is 0 Å². The Labute approximate surface area is 145 Å². The number of aromatic nitrogens is 2. The second-order valence-electron chi connectivity index (χ2n) is 6.33. The lowest BCUT2D eigenvalue weighted by Crippen LogP contribution is -1.91. The van der Waals surface area contributed by atoms with Crippen molar-refractivity contribution >= 4 is 0 Å². The van der Waals surface area contributed by atoms with E-state index in [0.717, 1.165) is 25.7 Å². The first-order valence-electron chi connectivity index (χ1n) is 9.22. The second kappa shape index (κ2) is 7.12. The molecule has 0 radical (unpaired) electrons. The Hall–Kier alpha value is -2.22. The van der Waals surface area contributed by atoms with E-state index < -0.39 is 0 Å². The molecule has 2 heterocycles. The largest absolute Gasteiger partial charge is 0.361 e. The van der Waals surface area contributed by atoms with Crippen LogP contribution >= 0.6 is 0 Å². The van der Waals surface area contributed by atoms with Crippen LogP contribution in [-0.2, 0) is 25.7 Å². The Morgan fingerprint density at radius 1 is 0.667 bits per heavy atom. The molecule has 0 atom stereocenters. The van der Waals surface area contributed by atoms with E-state index in [4.69, 9.17) is 0 Å². The highest BCUT2D eigenvalue weighted by molar-refractivity contribution is 5.74. The van der Waals surface area contributed by atoms with Crippen molar-refractivity contribution in [3.05, 3.63) is 58.9 Å². The molecule has 0 unspecified atom stereocenters. The van der Waals surface area contributed by atoms with E-state index in [1.54, 1.807) is 0 Å². The number of nitrogens with one attached hydrogen (secondary N) is 2. The van der Waals surface area contributed by atoms with E-state index in [9.17, 15) is 0 Å². The van der Waals surface area contributed by atoms with E-state index in [2.05, 4.69) is 74.3 Å². The van der Waals surface area contributed by atoms with Crippen LogP contribution in [0.2, 0.25) is 0 Å². The van der Waals surface area contributed by atoms with Crippen molar-refractivity contribution in [3.8, 4) is 22.5 Å². The predicted octanol–water partition coefficient (Wildman–Crippen LogP) is 5.93. The molecule has 0 amide bonds. The standard InChI is InChI=1S/C22H28N2/c1-5-15-13-23-21(19(15)7-3)17-10-9-11-18(12-17)22-20(8-4)16(6-2)14-24-22/h9-14,23-24H,5-8H2,1-4H3. The number of aryl methyl sites for hydroxylation is 2. The van der Waals surface area contributed by atoms with Crippen molar-refractivity contribution in [1.82, 2.24) is 9.97 Å². The third-order valence-corrected chi connectivity index (χ3v) is 5.07. The molecule has 0 saturated carbocycles. The monoisotopic (exact) mass is 320 g/mol. The summed E-state index contributed by atoms with van der Waals surface area (Å²) in [5, 5.41) is 0. The average Bonchev–Trinajstić information content (AvgIpc) is 3.24. The summed E-state index contributed by atoms with van der Waals surface area (Å²) in [6.07, 6.45) is 8.62. The molecule has 126 valence electrons. The highest BCUT2D eigenvalue weighted by Crippen LogP contribution is 2.32. The predicted molar refractivity (Wildman–Crippen MR) is 104 cm³/mol. The molecular weight excluding hydrogens is 292 g/mol. The first-order chi connectivity index (χ1) is 11.7. The molecule has 24 heavy (non-hydrogen) atoms. The number of aromatic amines is 2. The highest BCUT2D eigenvalue weighted by Gasteiger charge is 2.13. The van der Waals surface area contributed by atoms with Crippen LogP contribution in [0, 0.1) is 0 Å². The van der Waals surface area contributed by atoms with Gasteiger partial charge in [-0.3, -0.25) is 0 Å². The van der Waals surface area contributed by atoms with Gasteiger partial charge >= 0.3 is 0 Å². The van der Waals surface area contributed by atoms with Gasteiger partial charge in [-0.1, -0.05) is 45.9 Å². The third kappa shape index (κ3) is 2.82. The quantitative estimate of drug-likeness (QED) is 0.564. The molecule has 1 aromatic carbocycles. The molecule has 0 aliphatic rings. The summed E-state index contributed by atoms with van der Waals surface area (Å²) < 4.78 is 0. The van der Waals surface area contributed by atoms with Crippen LogP contribution < -0.4 is 0 Å². The number of H-pyrrole nitrogens is 2. The minimum absolute atomic E-state index is 1.06. The fraction of sp³-hybridized carbons (Fsp3) is 0.364. The van der Waals surface area contributed by atoms with Gasteiger partial charge in [0.05, 0.1) is 0 Å². The smallest absolute Gasteiger partial charge is 0.0489 e. The zero-order chi connectivity index (χ0) is 17.1. The summed E-state index contributed by atoms with van der Waals surface area (Å²) in [5.41, 5.74) is 10.9. The Balaban J connectivity index is 2.08. The second-order valence-corrected chi connectivity index (χ2v) is 6.33. The van der Waals surface area contributed by atoms with Crippen molar-refractivity contribution in [3.63, 3.8) is 0 Å². The molecular formula is C22H28N2. The SMILES string of the molecule is CCc1c[nH]c(-c2cccc(-c3[nH]cc(CC)c3CC)c2)c1CC. The molecule has 0 fully saturated rings. The van der Waals surface area contributed by atoms with Gasteiger partial charge < -0.3 is 9.97 Å². The van der Waals surface area contributed by atoms with Crippen molar-refractivity contribution in [1.29, 1.82) is 0 Å². The molecule has 3 aromatic rings. The van der Waals surface area contributed by atoms with E-state index in [1.807, 2.05) is 0 Å². The van der Waals surface area contributed by atoms with E-state index in [-0.39, 0.29) is 0 Å². The molecule has 2 nitrogen and oxygen atoms in total. The zero-order valence-corrected chi connectivity index (χ0v) is 15.3. The summed E-state index contributed by atoms with van der Waals surface area (Å²) in [4.78, 5) is 7.01. The number of hydrogen-bond acceptors (Lipinski definition) is 0. The highest BCUT2D eigenvalue weighted by atomic mass is 14.7. The van der Waals surface area contributed by atoms with E-state index >= 15 is 0 Å². The molecule has 0 bridgehead atoms. The molecule has 3 rings (SSSR count). The van der Waals surface area contributed by atoms with E-state index in [0.29, 0.717) is 0 Å². The molecule has 0 aliphatic heterocycles. The summed E-state index contributed by atoms with van der Waals surface area (Å²) in [5.74, 6) is 0. The molecule has 2 N–H and O–H groups in total. The lowest BCUT2D eigenvalue weighted by Gasteiger charge is -2.09. The fourth-order valence-corrected chi connectivity index (χ4v) is 3.77. The number of benzene rings is 1. The maximum atomic E-state index is 3.51. The van der Waals surface area contributed by atoms with Gasteiger partial charge in [-0.05, 0) is 65.1 Å². The lowest BCUT2D eigenvalue weighted by atomic mass is 9.97. The fourth-order valence-electron chi connectivity index (χ4n) is 3.77. The van der Waals surface area contributed by atoms with Gasteiger partial charge in [-0.15, -0.1) is 0 Å². The van der Waals surface area contributed by atoms with Crippen LogP contribution in [0.3, 0.4) is 0 Å². The van der Waals surface area contributed by atoms with Gasteiger partial charge in [0.25, 0.3) is 0 Å². The minimum Gasteiger partial charge on any atom is -0.361 e. The van der Waals surface area contributed by atoms with Crippen molar-refractivity contribution < 1.29 is 0 Å². The molecule has 0 saturated heterocycles. The lowest BCUT2D eigenvalue weighted by molar-refractivity contribution is 1.06. The van der Waals surface area contributed by atoms with Crippen molar-refractivity contribution in [2.24, 2.45) is 0 Å². The summed E-state index contributed by atoms with van der Waals surface area (Å²) >= 11 is 0.